The highest BCUT2D eigenvalue weighted by Crippen LogP contribution is 2.30. The lowest BCUT2D eigenvalue weighted by Crippen LogP contribution is -2.50. The summed E-state index contributed by atoms with van der Waals surface area (Å²) in [4.78, 5) is 35.0. The van der Waals surface area contributed by atoms with E-state index in [2.05, 4.69) is 17.1 Å². The van der Waals surface area contributed by atoms with E-state index >= 15 is 0 Å². The van der Waals surface area contributed by atoms with Crippen molar-refractivity contribution in [3.05, 3.63) is 88.6 Å². The van der Waals surface area contributed by atoms with Gasteiger partial charge in [0.2, 0.25) is 5.91 Å². The fraction of sp³-hybridized carbons (Fsp3) is 0.250. The first kappa shape index (κ1) is 22.5. The molecule has 4 heterocycles. The Morgan fingerprint density at radius 2 is 1.67 bits per heavy atom. The Balaban J connectivity index is 1.12. The molecular formula is C28H27N5O2S. The van der Waals surface area contributed by atoms with E-state index in [4.69, 9.17) is 5.10 Å². The summed E-state index contributed by atoms with van der Waals surface area (Å²) < 4.78 is 1.99. The van der Waals surface area contributed by atoms with Crippen LogP contribution in [0, 0.1) is 6.92 Å². The van der Waals surface area contributed by atoms with Gasteiger partial charge < -0.3 is 14.8 Å². The lowest BCUT2D eigenvalue weighted by Gasteiger charge is -2.34. The van der Waals surface area contributed by atoms with Crippen molar-refractivity contribution in [2.45, 2.75) is 19.9 Å². The average Bonchev–Trinajstić information content (AvgIpc) is 3.60. The first-order valence-corrected chi connectivity index (χ1v) is 13.0. The number of nitrogens with one attached hydrogen (secondary N) is 1. The molecule has 6 rings (SSSR count). The SMILES string of the molecule is Cc1nn(Cc2ccccc2)c2sc(C(=O)N3CCN(C(=O)Cc4c[nH]c5ccccc45)CC3)cc12. The fourth-order valence-electron chi connectivity index (χ4n) is 4.95. The molecule has 2 aromatic carbocycles. The molecule has 1 aliphatic heterocycles. The lowest BCUT2D eigenvalue weighted by atomic mass is 10.1. The van der Waals surface area contributed by atoms with E-state index in [0.717, 1.165) is 37.3 Å². The van der Waals surface area contributed by atoms with Crippen molar-refractivity contribution >= 4 is 44.3 Å². The molecule has 0 unspecified atom stereocenters. The number of piperazine rings is 1. The predicted molar refractivity (Wildman–Crippen MR) is 142 cm³/mol. The average molecular weight is 498 g/mol. The van der Waals surface area contributed by atoms with Crippen molar-refractivity contribution in [2.24, 2.45) is 0 Å². The molecule has 0 radical (unpaired) electrons. The summed E-state index contributed by atoms with van der Waals surface area (Å²) >= 11 is 1.50. The van der Waals surface area contributed by atoms with Crippen LogP contribution in [0.25, 0.3) is 21.1 Å². The Kier molecular flexibility index (Phi) is 5.81. The maximum Gasteiger partial charge on any atom is 0.264 e. The fourth-order valence-corrected chi connectivity index (χ4v) is 6.08. The molecule has 36 heavy (non-hydrogen) atoms. The molecule has 0 bridgehead atoms. The molecule has 0 saturated carbocycles. The second-order valence-corrected chi connectivity index (χ2v) is 10.3. The van der Waals surface area contributed by atoms with Crippen molar-refractivity contribution in [1.82, 2.24) is 24.6 Å². The van der Waals surface area contributed by atoms with Crippen LogP contribution in [0.4, 0.5) is 0 Å². The second kappa shape index (κ2) is 9.28. The van der Waals surface area contributed by atoms with Gasteiger partial charge in [-0.3, -0.25) is 14.3 Å². The number of benzene rings is 2. The Hall–Kier alpha value is -3.91. The van der Waals surface area contributed by atoms with Crippen LogP contribution in [0.1, 0.15) is 26.5 Å². The van der Waals surface area contributed by atoms with Gasteiger partial charge >= 0.3 is 0 Å². The molecule has 8 heteroatoms. The summed E-state index contributed by atoms with van der Waals surface area (Å²) in [6.45, 7) is 4.86. The molecule has 182 valence electrons. The predicted octanol–water partition coefficient (Wildman–Crippen LogP) is 4.46. The van der Waals surface area contributed by atoms with Gasteiger partial charge in [-0.2, -0.15) is 5.10 Å². The number of H-pyrrole nitrogens is 1. The Morgan fingerprint density at radius 3 is 2.47 bits per heavy atom. The van der Waals surface area contributed by atoms with E-state index in [-0.39, 0.29) is 11.8 Å². The van der Waals surface area contributed by atoms with Gasteiger partial charge in [-0.25, -0.2) is 0 Å². The molecule has 1 saturated heterocycles. The number of thiophene rings is 1. The van der Waals surface area contributed by atoms with Crippen LogP contribution in [-0.4, -0.2) is 62.6 Å². The van der Waals surface area contributed by atoms with Crippen LogP contribution >= 0.6 is 11.3 Å². The summed E-state index contributed by atoms with van der Waals surface area (Å²) in [5, 5.41) is 6.82. The van der Waals surface area contributed by atoms with Gasteiger partial charge in [-0.05, 0) is 30.2 Å². The van der Waals surface area contributed by atoms with E-state index in [0.29, 0.717) is 39.1 Å². The van der Waals surface area contributed by atoms with E-state index < -0.39 is 0 Å². The molecule has 0 atom stereocenters. The number of fused-ring (bicyclic) bond motifs is 2. The highest BCUT2D eigenvalue weighted by atomic mass is 32.1. The minimum atomic E-state index is 0.0330. The first-order chi connectivity index (χ1) is 17.6. The van der Waals surface area contributed by atoms with Crippen molar-refractivity contribution in [3.8, 4) is 0 Å². The highest BCUT2D eigenvalue weighted by molar-refractivity contribution is 7.20. The number of rotatable bonds is 5. The molecule has 1 fully saturated rings. The number of para-hydroxylation sites is 1. The zero-order chi connectivity index (χ0) is 24.6. The summed E-state index contributed by atoms with van der Waals surface area (Å²) in [7, 11) is 0. The number of aromatic nitrogens is 3. The van der Waals surface area contributed by atoms with Gasteiger partial charge in [-0.15, -0.1) is 11.3 Å². The van der Waals surface area contributed by atoms with Gasteiger partial charge in [0.25, 0.3) is 5.91 Å². The van der Waals surface area contributed by atoms with Crippen molar-refractivity contribution in [1.29, 1.82) is 0 Å². The van der Waals surface area contributed by atoms with E-state index in [1.807, 2.05) is 76.1 Å². The summed E-state index contributed by atoms with van der Waals surface area (Å²) in [6.07, 6.45) is 2.29. The second-order valence-electron chi connectivity index (χ2n) is 9.27. The van der Waals surface area contributed by atoms with Crippen molar-refractivity contribution < 1.29 is 9.59 Å². The van der Waals surface area contributed by atoms with E-state index in [1.165, 1.54) is 16.9 Å². The van der Waals surface area contributed by atoms with Crippen LogP contribution in [0.2, 0.25) is 0 Å². The van der Waals surface area contributed by atoms with Crippen LogP contribution in [0.3, 0.4) is 0 Å². The number of carbonyl (C=O) groups is 2. The van der Waals surface area contributed by atoms with E-state index in [1.54, 1.807) is 0 Å². The quantitative estimate of drug-likeness (QED) is 0.390. The molecule has 1 N–H and O–H groups in total. The summed E-state index contributed by atoms with van der Waals surface area (Å²) in [5.41, 5.74) is 4.17. The number of aryl methyl sites for hydroxylation is 1. The molecule has 7 nitrogen and oxygen atoms in total. The first-order valence-electron chi connectivity index (χ1n) is 12.2. The van der Waals surface area contributed by atoms with Gasteiger partial charge in [0.05, 0.1) is 23.5 Å². The molecule has 5 aromatic rings. The maximum atomic E-state index is 13.3. The zero-order valence-corrected chi connectivity index (χ0v) is 20.9. The number of aromatic amines is 1. The third kappa shape index (κ3) is 4.18. The van der Waals surface area contributed by atoms with Gasteiger partial charge in [0, 0.05) is 48.7 Å². The number of hydrogen-bond donors (Lipinski definition) is 1. The van der Waals surface area contributed by atoms with Gasteiger partial charge in [0.15, 0.2) is 0 Å². The lowest BCUT2D eigenvalue weighted by molar-refractivity contribution is -0.131. The number of carbonyl (C=O) groups excluding carboxylic acids is 2. The topological polar surface area (TPSA) is 74.2 Å². The third-order valence-electron chi connectivity index (χ3n) is 6.93. The molecule has 2 amide bonds. The molecule has 0 aliphatic carbocycles. The maximum absolute atomic E-state index is 13.3. The Morgan fingerprint density at radius 1 is 0.944 bits per heavy atom. The smallest absolute Gasteiger partial charge is 0.264 e. The largest absolute Gasteiger partial charge is 0.361 e. The minimum Gasteiger partial charge on any atom is -0.361 e. The number of nitrogens with zero attached hydrogens (tertiary/aromatic N) is 4. The Labute approximate surface area is 212 Å². The van der Waals surface area contributed by atoms with E-state index in [9.17, 15) is 9.59 Å². The van der Waals surface area contributed by atoms with Crippen molar-refractivity contribution in [3.63, 3.8) is 0 Å². The zero-order valence-electron chi connectivity index (χ0n) is 20.1. The minimum absolute atomic E-state index is 0.0330. The van der Waals surface area contributed by atoms with Crippen LogP contribution in [-0.2, 0) is 17.8 Å². The highest BCUT2D eigenvalue weighted by Gasteiger charge is 2.27. The van der Waals surface area contributed by atoms with Crippen LogP contribution in [0.15, 0.2) is 66.9 Å². The van der Waals surface area contributed by atoms with Gasteiger partial charge in [-0.1, -0.05) is 48.5 Å². The Bertz CT molecular complexity index is 1560. The third-order valence-corrected chi connectivity index (χ3v) is 8.07. The molecule has 3 aromatic heterocycles. The summed E-state index contributed by atoms with van der Waals surface area (Å²) in [6, 6.07) is 20.2. The van der Waals surface area contributed by atoms with Crippen molar-refractivity contribution in [2.75, 3.05) is 26.2 Å². The molecular weight excluding hydrogens is 470 g/mol. The normalized spacial score (nSPS) is 14.1. The molecule has 0 spiro atoms. The number of hydrogen-bond acceptors (Lipinski definition) is 4. The summed E-state index contributed by atoms with van der Waals surface area (Å²) in [5.74, 6) is 0.135. The van der Waals surface area contributed by atoms with Crippen LogP contribution < -0.4 is 0 Å². The molecule has 1 aliphatic rings. The van der Waals surface area contributed by atoms with Gasteiger partial charge in [0.1, 0.15) is 4.83 Å². The number of amides is 2. The monoisotopic (exact) mass is 497 g/mol. The standard InChI is InChI=1S/C28H27N5O2S/c1-19-23-16-25(36-28(23)33(30-19)18-20-7-3-2-4-8-20)27(35)32-13-11-31(12-14-32)26(34)15-21-17-29-24-10-6-5-9-22(21)24/h2-10,16-17,29H,11-15,18H2,1H3. The van der Waals surface area contributed by atoms with Crippen LogP contribution in [0.5, 0.6) is 0 Å².